The summed E-state index contributed by atoms with van der Waals surface area (Å²) in [5, 5.41) is 9.86. The molecule has 0 saturated carbocycles. The number of hydrogen-bond donors (Lipinski definition) is 1. The monoisotopic (exact) mass is 306 g/mol. The third kappa shape index (κ3) is 3.02. The SMILES string of the molecule is OC(c1ccc(F)cc1F)c1cccc(C(F)(F)F)c1F. The van der Waals surface area contributed by atoms with E-state index in [1.165, 1.54) is 0 Å². The van der Waals surface area contributed by atoms with E-state index in [1.54, 1.807) is 0 Å². The second-order valence-electron chi connectivity index (χ2n) is 4.27. The molecule has 0 bridgehead atoms. The highest BCUT2D eigenvalue weighted by molar-refractivity contribution is 5.36. The van der Waals surface area contributed by atoms with Gasteiger partial charge in [-0.3, -0.25) is 0 Å². The van der Waals surface area contributed by atoms with E-state index >= 15 is 0 Å². The molecule has 0 radical (unpaired) electrons. The molecule has 2 aromatic carbocycles. The molecule has 0 fully saturated rings. The molecule has 1 unspecified atom stereocenters. The van der Waals surface area contributed by atoms with Crippen LogP contribution in [-0.2, 0) is 6.18 Å². The number of hydrogen-bond acceptors (Lipinski definition) is 1. The minimum Gasteiger partial charge on any atom is -0.383 e. The van der Waals surface area contributed by atoms with Crippen molar-refractivity contribution in [1.82, 2.24) is 0 Å². The van der Waals surface area contributed by atoms with Crippen LogP contribution in [0.3, 0.4) is 0 Å². The van der Waals surface area contributed by atoms with Gasteiger partial charge in [0, 0.05) is 17.2 Å². The fourth-order valence-electron chi connectivity index (χ4n) is 1.87. The van der Waals surface area contributed by atoms with Crippen molar-refractivity contribution in [2.24, 2.45) is 0 Å². The molecule has 1 N–H and O–H groups in total. The highest BCUT2D eigenvalue weighted by atomic mass is 19.4. The lowest BCUT2D eigenvalue weighted by Gasteiger charge is -2.16. The van der Waals surface area contributed by atoms with Crippen LogP contribution in [-0.4, -0.2) is 5.11 Å². The Labute approximate surface area is 115 Å². The van der Waals surface area contributed by atoms with Crippen molar-refractivity contribution in [3.05, 3.63) is 70.5 Å². The van der Waals surface area contributed by atoms with Gasteiger partial charge in [-0.2, -0.15) is 13.2 Å². The highest BCUT2D eigenvalue weighted by Crippen LogP contribution is 2.35. The summed E-state index contributed by atoms with van der Waals surface area (Å²) in [4.78, 5) is 0. The number of rotatable bonds is 2. The Balaban J connectivity index is 2.51. The maximum atomic E-state index is 13.8. The minimum atomic E-state index is -4.94. The van der Waals surface area contributed by atoms with Gasteiger partial charge < -0.3 is 5.11 Å². The predicted octanol–water partition coefficient (Wildman–Crippen LogP) is 4.20. The first-order valence-corrected chi connectivity index (χ1v) is 5.70. The summed E-state index contributed by atoms with van der Waals surface area (Å²) in [5.74, 6) is -3.80. The molecule has 0 heterocycles. The molecule has 2 aromatic rings. The fraction of sp³-hybridized carbons (Fsp3) is 0.143. The van der Waals surface area contributed by atoms with Crippen molar-refractivity contribution in [3.8, 4) is 0 Å². The smallest absolute Gasteiger partial charge is 0.383 e. The molecule has 112 valence electrons. The van der Waals surface area contributed by atoms with E-state index in [1.807, 2.05) is 0 Å². The molecule has 0 spiro atoms. The van der Waals surface area contributed by atoms with E-state index < -0.39 is 46.4 Å². The molecule has 21 heavy (non-hydrogen) atoms. The molecule has 0 aliphatic rings. The predicted molar refractivity (Wildman–Crippen MR) is 61.8 cm³/mol. The Kier molecular flexibility index (Phi) is 3.95. The van der Waals surface area contributed by atoms with Crippen LogP contribution in [0.4, 0.5) is 26.3 Å². The molecule has 2 rings (SSSR count). The first-order valence-electron chi connectivity index (χ1n) is 5.70. The molecule has 0 saturated heterocycles. The number of alkyl halides is 3. The largest absolute Gasteiger partial charge is 0.419 e. The second kappa shape index (κ2) is 5.40. The van der Waals surface area contributed by atoms with Gasteiger partial charge in [0.15, 0.2) is 0 Å². The average Bonchev–Trinajstić information content (AvgIpc) is 2.37. The van der Waals surface area contributed by atoms with E-state index in [4.69, 9.17) is 0 Å². The average molecular weight is 306 g/mol. The first-order chi connectivity index (χ1) is 9.71. The lowest BCUT2D eigenvalue weighted by Crippen LogP contribution is -2.13. The summed E-state index contributed by atoms with van der Waals surface area (Å²) in [6, 6.07) is 4.41. The quantitative estimate of drug-likeness (QED) is 0.824. The van der Waals surface area contributed by atoms with Crippen molar-refractivity contribution in [2.75, 3.05) is 0 Å². The van der Waals surface area contributed by atoms with Gasteiger partial charge in [-0.15, -0.1) is 0 Å². The van der Waals surface area contributed by atoms with Crippen molar-refractivity contribution in [1.29, 1.82) is 0 Å². The van der Waals surface area contributed by atoms with Crippen molar-refractivity contribution < 1.29 is 31.4 Å². The van der Waals surface area contributed by atoms with E-state index in [-0.39, 0.29) is 0 Å². The van der Waals surface area contributed by atoms with E-state index in [2.05, 4.69) is 0 Å². The molecule has 0 aromatic heterocycles. The zero-order valence-corrected chi connectivity index (χ0v) is 10.3. The summed E-state index contributed by atoms with van der Waals surface area (Å²) in [6.45, 7) is 0. The molecule has 0 aliphatic heterocycles. The number of benzene rings is 2. The number of halogens is 6. The Morgan fingerprint density at radius 2 is 1.57 bits per heavy atom. The van der Waals surface area contributed by atoms with Crippen LogP contribution < -0.4 is 0 Å². The maximum Gasteiger partial charge on any atom is 0.419 e. The van der Waals surface area contributed by atoms with Gasteiger partial charge in [0.2, 0.25) is 0 Å². The lowest BCUT2D eigenvalue weighted by atomic mass is 9.98. The topological polar surface area (TPSA) is 20.2 Å². The van der Waals surface area contributed by atoms with Crippen LogP contribution in [0.15, 0.2) is 36.4 Å². The van der Waals surface area contributed by atoms with Gasteiger partial charge in [-0.25, -0.2) is 13.2 Å². The second-order valence-corrected chi connectivity index (χ2v) is 4.27. The highest BCUT2D eigenvalue weighted by Gasteiger charge is 2.36. The Morgan fingerprint density at radius 3 is 2.14 bits per heavy atom. The van der Waals surface area contributed by atoms with E-state index in [0.29, 0.717) is 12.1 Å². The third-order valence-electron chi connectivity index (χ3n) is 2.89. The third-order valence-corrected chi connectivity index (χ3v) is 2.89. The van der Waals surface area contributed by atoms with Gasteiger partial charge >= 0.3 is 6.18 Å². The molecule has 0 aliphatic carbocycles. The summed E-state index contributed by atoms with van der Waals surface area (Å²) in [7, 11) is 0. The van der Waals surface area contributed by atoms with Crippen LogP contribution >= 0.6 is 0 Å². The van der Waals surface area contributed by atoms with Crippen molar-refractivity contribution in [3.63, 3.8) is 0 Å². The Morgan fingerprint density at radius 1 is 0.905 bits per heavy atom. The van der Waals surface area contributed by atoms with Crippen molar-refractivity contribution >= 4 is 0 Å². The van der Waals surface area contributed by atoms with E-state index in [9.17, 15) is 31.4 Å². The van der Waals surface area contributed by atoms with E-state index in [0.717, 1.165) is 24.3 Å². The first kappa shape index (κ1) is 15.4. The van der Waals surface area contributed by atoms with Crippen LogP contribution in [0, 0.1) is 17.5 Å². The Bertz CT molecular complexity index is 665. The molecular formula is C14H8F6O. The van der Waals surface area contributed by atoms with Gasteiger partial charge in [-0.1, -0.05) is 18.2 Å². The maximum absolute atomic E-state index is 13.8. The fourth-order valence-corrected chi connectivity index (χ4v) is 1.87. The standard InChI is InChI=1S/C14H8F6O/c15-7-4-5-8(11(16)6-7)13(21)9-2-1-3-10(12(9)17)14(18,19)20/h1-6,13,21H. The number of aliphatic hydroxyl groups excluding tert-OH is 1. The van der Waals surface area contributed by atoms with Crippen LogP contribution in [0.5, 0.6) is 0 Å². The molecule has 1 atom stereocenters. The molecular weight excluding hydrogens is 298 g/mol. The van der Waals surface area contributed by atoms with Gasteiger partial charge in [0.25, 0.3) is 0 Å². The van der Waals surface area contributed by atoms with Gasteiger partial charge in [0.05, 0.1) is 5.56 Å². The van der Waals surface area contributed by atoms with Crippen molar-refractivity contribution in [2.45, 2.75) is 12.3 Å². The molecule has 1 nitrogen and oxygen atoms in total. The number of aliphatic hydroxyl groups is 1. The van der Waals surface area contributed by atoms with Gasteiger partial charge in [-0.05, 0) is 12.1 Å². The normalized spacial score (nSPS) is 13.3. The summed E-state index contributed by atoms with van der Waals surface area (Å²) < 4.78 is 77.9. The summed E-state index contributed by atoms with van der Waals surface area (Å²) in [6.07, 6.45) is -6.92. The van der Waals surface area contributed by atoms with Gasteiger partial charge in [0.1, 0.15) is 23.6 Å². The minimum absolute atomic E-state index is 0.448. The lowest BCUT2D eigenvalue weighted by molar-refractivity contribution is -0.140. The summed E-state index contributed by atoms with van der Waals surface area (Å²) >= 11 is 0. The van der Waals surface area contributed by atoms with Crippen LogP contribution in [0.1, 0.15) is 22.8 Å². The summed E-state index contributed by atoms with van der Waals surface area (Å²) in [5.41, 5.74) is -2.83. The molecule has 0 amide bonds. The Hall–Kier alpha value is -2.02. The van der Waals surface area contributed by atoms with Crippen LogP contribution in [0.25, 0.3) is 0 Å². The zero-order chi connectivity index (χ0) is 15.8. The van der Waals surface area contributed by atoms with Crippen LogP contribution in [0.2, 0.25) is 0 Å². The molecule has 7 heteroatoms. The zero-order valence-electron chi connectivity index (χ0n) is 10.3.